The molecule has 0 aliphatic carbocycles. The summed E-state index contributed by atoms with van der Waals surface area (Å²) in [6, 6.07) is 1.43. The number of carboxylic acid groups (broad SMARTS) is 1. The second-order valence-corrected chi connectivity index (χ2v) is 4.08. The van der Waals surface area contributed by atoms with Crippen molar-refractivity contribution in [3.05, 3.63) is 28.6 Å². The molecule has 15 heavy (non-hydrogen) atoms. The molecule has 7 heteroatoms. The van der Waals surface area contributed by atoms with E-state index in [9.17, 15) is 14.9 Å². The number of aromatic nitrogens is 1. The van der Waals surface area contributed by atoms with E-state index < -0.39 is 16.1 Å². The maximum Gasteiger partial charge on any atom is 0.316 e. The minimum atomic E-state index is -1.01. The van der Waals surface area contributed by atoms with Gasteiger partial charge in [0.25, 0.3) is 0 Å². The summed E-state index contributed by atoms with van der Waals surface area (Å²) in [5.41, 5.74) is -0.171. The van der Waals surface area contributed by atoms with E-state index in [1.165, 1.54) is 19.2 Å². The van der Waals surface area contributed by atoms with E-state index in [1.54, 1.807) is 0 Å². The summed E-state index contributed by atoms with van der Waals surface area (Å²) in [5.74, 6) is -1.01. The molecule has 1 N–H and O–H groups in total. The normalized spacial score (nSPS) is 12.1. The first kappa shape index (κ1) is 11.4. The number of carbonyl (C=O) groups is 1. The molecule has 0 radical (unpaired) electrons. The van der Waals surface area contributed by atoms with Gasteiger partial charge in [-0.1, -0.05) is 0 Å². The van der Waals surface area contributed by atoms with Gasteiger partial charge in [-0.05, 0) is 13.0 Å². The lowest BCUT2D eigenvalue weighted by Gasteiger charge is -2.05. The van der Waals surface area contributed by atoms with Crippen LogP contribution in [-0.4, -0.2) is 26.2 Å². The highest BCUT2D eigenvalue weighted by Gasteiger charge is 2.19. The monoisotopic (exact) mass is 228 g/mol. The standard InChI is InChI=1S/C8H8N2O4S/c1-5(8(11)12)15-7-2-3-9-4-6(7)10(13)14/h2-5H,1H3,(H,11,12). The van der Waals surface area contributed by atoms with E-state index >= 15 is 0 Å². The Balaban J connectivity index is 2.94. The van der Waals surface area contributed by atoms with Gasteiger partial charge in [0.15, 0.2) is 0 Å². The second-order valence-electron chi connectivity index (χ2n) is 2.70. The first-order chi connectivity index (χ1) is 7.02. The molecule has 6 nitrogen and oxygen atoms in total. The zero-order valence-electron chi connectivity index (χ0n) is 7.78. The van der Waals surface area contributed by atoms with E-state index in [-0.39, 0.29) is 5.69 Å². The Hall–Kier alpha value is -1.63. The van der Waals surface area contributed by atoms with Gasteiger partial charge in [0.1, 0.15) is 11.4 Å². The highest BCUT2D eigenvalue weighted by Crippen LogP contribution is 2.30. The van der Waals surface area contributed by atoms with E-state index in [2.05, 4.69) is 4.98 Å². The van der Waals surface area contributed by atoms with Gasteiger partial charge in [0.05, 0.1) is 9.82 Å². The van der Waals surface area contributed by atoms with Gasteiger partial charge >= 0.3 is 11.7 Å². The predicted molar refractivity (Wildman–Crippen MR) is 53.8 cm³/mol. The Bertz CT molecular complexity index is 396. The van der Waals surface area contributed by atoms with Gasteiger partial charge in [-0.25, -0.2) is 0 Å². The SMILES string of the molecule is CC(Sc1ccncc1[N+](=O)[O-])C(=O)O. The van der Waals surface area contributed by atoms with Gasteiger partial charge in [-0.2, -0.15) is 0 Å². The van der Waals surface area contributed by atoms with Gasteiger partial charge in [-0.3, -0.25) is 19.9 Å². The van der Waals surface area contributed by atoms with E-state index in [4.69, 9.17) is 5.11 Å². The van der Waals surface area contributed by atoms with Crippen LogP contribution in [0.15, 0.2) is 23.4 Å². The molecule has 0 amide bonds. The molecule has 1 unspecified atom stereocenters. The summed E-state index contributed by atoms with van der Waals surface area (Å²) in [4.78, 5) is 24.5. The minimum absolute atomic E-state index is 0.171. The van der Waals surface area contributed by atoms with Crippen LogP contribution in [-0.2, 0) is 4.79 Å². The molecule has 80 valence electrons. The molecule has 0 saturated carbocycles. The predicted octanol–water partition coefficient (Wildman–Crippen LogP) is 1.56. The zero-order chi connectivity index (χ0) is 11.4. The lowest BCUT2D eigenvalue weighted by molar-refractivity contribution is -0.388. The number of nitrogens with zero attached hydrogens (tertiary/aromatic N) is 2. The van der Waals surface area contributed by atoms with Crippen molar-refractivity contribution in [2.75, 3.05) is 0 Å². The van der Waals surface area contributed by atoms with Gasteiger partial charge in [-0.15, -0.1) is 11.8 Å². The zero-order valence-corrected chi connectivity index (χ0v) is 8.60. The van der Waals surface area contributed by atoms with Crippen LogP contribution in [0.2, 0.25) is 0 Å². The van der Waals surface area contributed by atoms with Crippen molar-refractivity contribution in [3.63, 3.8) is 0 Å². The number of hydrogen-bond donors (Lipinski definition) is 1. The average molecular weight is 228 g/mol. The van der Waals surface area contributed by atoms with Crippen LogP contribution in [0.4, 0.5) is 5.69 Å². The minimum Gasteiger partial charge on any atom is -0.480 e. The van der Waals surface area contributed by atoms with Crippen molar-refractivity contribution in [3.8, 4) is 0 Å². The van der Waals surface area contributed by atoms with E-state index in [0.29, 0.717) is 4.90 Å². The molecule has 0 bridgehead atoms. The van der Waals surface area contributed by atoms with Gasteiger partial charge < -0.3 is 5.11 Å². The Morgan fingerprint density at radius 2 is 2.40 bits per heavy atom. The largest absolute Gasteiger partial charge is 0.480 e. The summed E-state index contributed by atoms with van der Waals surface area (Å²) in [7, 11) is 0. The van der Waals surface area contributed by atoms with E-state index in [0.717, 1.165) is 18.0 Å². The Morgan fingerprint density at radius 1 is 1.73 bits per heavy atom. The number of carboxylic acids is 1. The molecular formula is C8H8N2O4S. The highest BCUT2D eigenvalue weighted by atomic mass is 32.2. The summed E-state index contributed by atoms with van der Waals surface area (Å²) in [6.45, 7) is 1.47. The van der Waals surface area contributed by atoms with Crippen molar-refractivity contribution in [1.82, 2.24) is 4.98 Å². The molecule has 1 atom stereocenters. The highest BCUT2D eigenvalue weighted by molar-refractivity contribution is 8.00. The quantitative estimate of drug-likeness (QED) is 0.477. The smallest absolute Gasteiger partial charge is 0.316 e. The van der Waals surface area contributed by atoms with Crippen molar-refractivity contribution in [1.29, 1.82) is 0 Å². The molecule has 0 aliphatic rings. The maximum absolute atomic E-state index is 10.6. The number of hydrogen-bond acceptors (Lipinski definition) is 5. The summed E-state index contributed by atoms with van der Waals surface area (Å²) < 4.78 is 0. The molecule has 0 saturated heterocycles. The fourth-order valence-corrected chi connectivity index (χ4v) is 1.72. The van der Waals surface area contributed by atoms with Crippen LogP contribution in [0.1, 0.15) is 6.92 Å². The van der Waals surface area contributed by atoms with Crippen molar-refractivity contribution in [2.45, 2.75) is 17.1 Å². The van der Waals surface area contributed by atoms with Crippen LogP contribution in [0.3, 0.4) is 0 Å². The third-order valence-electron chi connectivity index (χ3n) is 1.61. The Kier molecular flexibility index (Phi) is 3.62. The van der Waals surface area contributed by atoms with Gasteiger partial charge in [0.2, 0.25) is 0 Å². The van der Waals surface area contributed by atoms with Crippen molar-refractivity contribution in [2.24, 2.45) is 0 Å². The van der Waals surface area contributed by atoms with Crippen LogP contribution < -0.4 is 0 Å². The lowest BCUT2D eigenvalue weighted by atomic mass is 10.4. The van der Waals surface area contributed by atoms with Crippen LogP contribution in [0.5, 0.6) is 0 Å². The van der Waals surface area contributed by atoms with Crippen LogP contribution >= 0.6 is 11.8 Å². The molecule has 0 spiro atoms. The number of nitro groups is 1. The second kappa shape index (κ2) is 4.74. The lowest BCUT2D eigenvalue weighted by Crippen LogP contribution is -2.11. The first-order valence-electron chi connectivity index (χ1n) is 4.00. The fourth-order valence-electron chi connectivity index (χ4n) is 0.851. The molecule has 0 fully saturated rings. The maximum atomic E-state index is 10.6. The Labute approximate surface area is 89.5 Å². The third-order valence-corrected chi connectivity index (χ3v) is 2.76. The molecule has 1 rings (SSSR count). The Morgan fingerprint density at radius 3 is 2.93 bits per heavy atom. The number of thioether (sulfide) groups is 1. The molecule has 1 aromatic rings. The molecular weight excluding hydrogens is 220 g/mol. The molecule has 1 heterocycles. The number of aliphatic carboxylic acids is 1. The van der Waals surface area contributed by atoms with E-state index in [1.807, 2.05) is 0 Å². The molecule has 1 aromatic heterocycles. The summed E-state index contributed by atoms with van der Waals surface area (Å²) in [6.07, 6.45) is 2.50. The fraction of sp³-hybridized carbons (Fsp3) is 0.250. The topological polar surface area (TPSA) is 93.3 Å². The van der Waals surface area contributed by atoms with Crippen molar-refractivity contribution >= 4 is 23.4 Å². The average Bonchev–Trinajstić information content (AvgIpc) is 2.18. The number of rotatable bonds is 4. The molecule has 0 aliphatic heterocycles. The summed E-state index contributed by atoms with van der Waals surface area (Å²) in [5, 5.41) is 18.5. The first-order valence-corrected chi connectivity index (χ1v) is 4.88. The van der Waals surface area contributed by atoms with Gasteiger partial charge in [0, 0.05) is 6.20 Å². The van der Waals surface area contributed by atoms with Crippen LogP contribution in [0, 0.1) is 10.1 Å². The number of pyridine rings is 1. The third kappa shape index (κ3) is 2.91. The molecule has 0 aromatic carbocycles. The van der Waals surface area contributed by atoms with Crippen molar-refractivity contribution < 1.29 is 14.8 Å². The summed E-state index contributed by atoms with van der Waals surface area (Å²) >= 11 is 0.925. The van der Waals surface area contributed by atoms with Crippen LogP contribution in [0.25, 0.3) is 0 Å².